The summed E-state index contributed by atoms with van der Waals surface area (Å²) in [6, 6.07) is 1.87. The molecule has 0 radical (unpaired) electrons. The van der Waals surface area contributed by atoms with Crippen LogP contribution in [0.15, 0.2) is 6.07 Å². The molecular formula is C16H25ClN2O. The zero-order chi connectivity index (χ0) is 14.5. The maximum atomic E-state index is 6.17. The first-order chi connectivity index (χ1) is 9.60. The van der Waals surface area contributed by atoms with Crippen molar-refractivity contribution >= 4 is 11.6 Å². The highest BCUT2D eigenvalue weighted by molar-refractivity contribution is 6.29. The van der Waals surface area contributed by atoms with Crippen molar-refractivity contribution in [1.82, 2.24) is 9.97 Å². The molecule has 0 bridgehead atoms. The molecule has 0 aromatic carbocycles. The monoisotopic (exact) mass is 296 g/mol. The summed E-state index contributed by atoms with van der Waals surface area (Å²) in [5, 5.41) is 0.531. The second kappa shape index (κ2) is 7.37. The fraction of sp³-hybridized carbons (Fsp3) is 0.750. The lowest BCUT2D eigenvalue weighted by molar-refractivity contribution is 0.0287. The van der Waals surface area contributed by atoms with E-state index in [1.165, 1.54) is 32.1 Å². The van der Waals surface area contributed by atoms with E-state index in [-0.39, 0.29) is 6.10 Å². The summed E-state index contributed by atoms with van der Waals surface area (Å²) in [6.07, 6.45) is 7.22. The lowest BCUT2D eigenvalue weighted by Gasteiger charge is -2.28. The molecule has 0 aliphatic heterocycles. The molecule has 1 fully saturated rings. The van der Waals surface area contributed by atoms with Gasteiger partial charge in [-0.1, -0.05) is 44.7 Å². The summed E-state index contributed by atoms with van der Waals surface area (Å²) in [4.78, 5) is 9.12. The maximum absolute atomic E-state index is 6.17. The average Bonchev–Trinajstić information content (AvgIpc) is 2.39. The van der Waals surface area contributed by atoms with Crippen LogP contribution in [0.3, 0.4) is 0 Å². The number of ether oxygens (including phenoxy) is 1. The molecule has 1 atom stereocenters. The molecule has 0 amide bonds. The summed E-state index contributed by atoms with van der Waals surface area (Å²) in [7, 11) is 1.76. The maximum Gasteiger partial charge on any atom is 0.159 e. The van der Waals surface area contributed by atoms with Gasteiger partial charge in [0.1, 0.15) is 11.3 Å². The van der Waals surface area contributed by atoms with E-state index in [2.05, 4.69) is 18.8 Å². The summed E-state index contributed by atoms with van der Waals surface area (Å²) in [6.45, 7) is 4.37. The van der Waals surface area contributed by atoms with E-state index in [1.54, 1.807) is 7.11 Å². The third-order valence-electron chi connectivity index (χ3n) is 3.97. The molecular weight excluding hydrogens is 272 g/mol. The second-order valence-corrected chi connectivity index (χ2v) is 6.58. The highest BCUT2D eigenvalue weighted by Gasteiger charge is 2.27. The number of hydrogen-bond donors (Lipinski definition) is 0. The smallest absolute Gasteiger partial charge is 0.159 e. The molecule has 2 rings (SSSR count). The first-order valence-electron chi connectivity index (χ1n) is 7.66. The average molecular weight is 297 g/mol. The standard InChI is InChI=1S/C16H25ClN2O/c1-11(2)9-13-10-14(17)19-16(18-13)15(20-3)12-7-5-4-6-8-12/h10-12,15H,4-9H2,1-3H3. The van der Waals surface area contributed by atoms with Crippen LogP contribution in [0.1, 0.15) is 63.6 Å². The van der Waals surface area contributed by atoms with Gasteiger partial charge < -0.3 is 4.74 Å². The number of halogens is 1. The number of methoxy groups -OCH3 is 1. The second-order valence-electron chi connectivity index (χ2n) is 6.19. The molecule has 0 saturated heterocycles. The van der Waals surface area contributed by atoms with Gasteiger partial charge in [0.25, 0.3) is 0 Å². The van der Waals surface area contributed by atoms with Gasteiger partial charge in [-0.3, -0.25) is 0 Å². The van der Waals surface area contributed by atoms with Gasteiger partial charge in [-0.15, -0.1) is 0 Å². The topological polar surface area (TPSA) is 35.0 Å². The van der Waals surface area contributed by atoms with Gasteiger partial charge in [0.2, 0.25) is 0 Å². The predicted molar refractivity (Wildman–Crippen MR) is 81.9 cm³/mol. The minimum Gasteiger partial charge on any atom is -0.373 e. The molecule has 0 N–H and O–H groups in total. The van der Waals surface area contributed by atoms with Gasteiger partial charge in [0, 0.05) is 12.8 Å². The van der Waals surface area contributed by atoms with Crippen molar-refractivity contribution in [1.29, 1.82) is 0 Å². The SMILES string of the molecule is COC(c1nc(Cl)cc(CC(C)C)n1)C1CCCCC1. The fourth-order valence-electron chi connectivity index (χ4n) is 3.08. The number of hydrogen-bond acceptors (Lipinski definition) is 3. The number of aromatic nitrogens is 2. The van der Waals surface area contributed by atoms with Crippen LogP contribution in [-0.4, -0.2) is 17.1 Å². The van der Waals surface area contributed by atoms with E-state index in [9.17, 15) is 0 Å². The van der Waals surface area contributed by atoms with E-state index in [0.29, 0.717) is 17.0 Å². The van der Waals surface area contributed by atoms with Crippen LogP contribution in [0.25, 0.3) is 0 Å². The Balaban J connectivity index is 2.21. The zero-order valence-electron chi connectivity index (χ0n) is 12.7. The molecule has 1 unspecified atom stereocenters. The van der Waals surface area contributed by atoms with Crippen molar-refractivity contribution < 1.29 is 4.74 Å². The largest absolute Gasteiger partial charge is 0.373 e. The molecule has 1 saturated carbocycles. The van der Waals surface area contributed by atoms with Crippen molar-refractivity contribution in [3.05, 3.63) is 22.7 Å². The van der Waals surface area contributed by atoms with Gasteiger partial charge in [0.15, 0.2) is 5.82 Å². The van der Waals surface area contributed by atoms with Crippen molar-refractivity contribution in [2.75, 3.05) is 7.11 Å². The molecule has 1 aliphatic carbocycles. The van der Waals surface area contributed by atoms with Crippen LogP contribution in [0.4, 0.5) is 0 Å². The molecule has 20 heavy (non-hydrogen) atoms. The van der Waals surface area contributed by atoms with Crippen molar-refractivity contribution in [3.8, 4) is 0 Å². The van der Waals surface area contributed by atoms with Gasteiger partial charge in [-0.05, 0) is 37.2 Å². The highest BCUT2D eigenvalue weighted by atomic mass is 35.5. The van der Waals surface area contributed by atoms with Crippen LogP contribution in [0, 0.1) is 11.8 Å². The van der Waals surface area contributed by atoms with Gasteiger partial charge in [-0.25, -0.2) is 9.97 Å². The van der Waals surface area contributed by atoms with Crippen molar-refractivity contribution in [3.63, 3.8) is 0 Å². The van der Waals surface area contributed by atoms with E-state index >= 15 is 0 Å². The molecule has 4 heteroatoms. The summed E-state index contributed by atoms with van der Waals surface area (Å²) in [5.74, 6) is 1.85. The summed E-state index contributed by atoms with van der Waals surface area (Å²) in [5.41, 5.74) is 1.02. The molecule has 0 spiro atoms. The van der Waals surface area contributed by atoms with Crippen molar-refractivity contribution in [2.45, 2.75) is 58.5 Å². The first kappa shape index (κ1) is 15.7. The van der Waals surface area contributed by atoms with Gasteiger partial charge in [0.05, 0.1) is 0 Å². The third-order valence-corrected chi connectivity index (χ3v) is 4.16. The van der Waals surface area contributed by atoms with Gasteiger partial charge in [-0.2, -0.15) is 0 Å². The highest BCUT2D eigenvalue weighted by Crippen LogP contribution is 2.35. The molecule has 3 nitrogen and oxygen atoms in total. The lowest BCUT2D eigenvalue weighted by Crippen LogP contribution is -2.21. The van der Waals surface area contributed by atoms with Gasteiger partial charge >= 0.3 is 0 Å². The third kappa shape index (κ3) is 4.16. The Hall–Kier alpha value is -0.670. The Bertz CT molecular complexity index is 430. The molecule has 112 valence electrons. The van der Waals surface area contributed by atoms with Crippen LogP contribution in [0.2, 0.25) is 5.15 Å². The normalized spacial score (nSPS) is 18.4. The molecule has 1 aromatic rings. The molecule has 1 aliphatic rings. The predicted octanol–water partition coefficient (Wildman–Crippen LogP) is 4.60. The molecule has 1 heterocycles. The van der Waals surface area contributed by atoms with Crippen LogP contribution in [0.5, 0.6) is 0 Å². The number of rotatable bonds is 5. The van der Waals surface area contributed by atoms with E-state index < -0.39 is 0 Å². The van der Waals surface area contributed by atoms with E-state index in [0.717, 1.165) is 17.9 Å². The van der Waals surface area contributed by atoms with Crippen LogP contribution in [-0.2, 0) is 11.2 Å². The van der Waals surface area contributed by atoms with Crippen molar-refractivity contribution in [2.24, 2.45) is 11.8 Å². The minimum atomic E-state index is -0.0140. The Kier molecular flexibility index (Phi) is 5.79. The zero-order valence-corrected chi connectivity index (χ0v) is 13.5. The Morgan fingerprint density at radius 2 is 1.95 bits per heavy atom. The Morgan fingerprint density at radius 1 is 1.25 bits per heavy atom. The Labute approximate surface area is 127 Å². The minimum absolute atomic E-state index is 0.0140. The number of nitrogens with zero attached hydrogens (tertiary/aromatic N) is 2. The van der Waals surface area contributed by atoms with Crippen LogP contribution < -0.4 is 0 Å². The van der Waals surface area contributed by atoms with E-state index in [1.807, 2.05) is 6.07 Å². The first-order valence-corrected chi connectivity index (χ1v) is 8.04. The van der Waals surface area contributed by atoms with Crippen LogP contribution >= 0.6 is 11.6 Å². The lowest BCUT2D eigenvalue weighted by atomic mass is 9.85. The van der Waals surface area contributed by atoms with E-state index in [4.69, 9.17) is 21.3 Å². The fourth-order valence-corrected chi connectivity index (χ4v) is 3.29. The quantitative estimate of drug-likeness (QED) is 0.745. The summed E-state index contributed by atoms with van der Waals surface area (Å²) < 4.78 is 5.71. The summed E-state index contributed by atoms with van der Waals surface area (Å²) >= 11 is 6.17. The Morgan fingerprint density at radius 3 is 2.55 bits per heavy atom. The molecule has 1 aromatic heterocycles.